The van der Waals surface area contributed by atoms with Crippen LogP contribution < -0.4 is 15.4 Å². The van der Waals surface area contributed by atoms with E-state index in [-0.39, 0.29) is 46.4 Å². The zero-order valence-corrected chi connectivity index (χ0v) is 19.3. The molecule has 5 nitrogen and oxygen atoms in total. The van der Waals surface area contributed by atoms with Crippen molar-refractivity contribution in [2.75, 3.05) is 25.4 Å². The lowest BCUT2D eigenvalue weighted by Gasteiger charge is -2.19. The van der Waals surface area contributed by atoms with Crippen LogP contribution in [0.3, 0.4) is 0 Å². The minimum Gasteiger partial charge on any atom is -0.486 e. The SMILES string of the molecule is CCNC(=NCC(C)Oc1ccccc1F)NCCS(=O)C(C)(C)C.I. The third kappa shape index (κ3) is 9.70. The number of hydrogen-bond donors (Lipinski definition) is 2. The molecule has 2 unspecified atom stereocenters. The molecule has 0 heterocycles. The molecule has 2 atom stereocenters. The van der Waals surface area contributed by atoms with E-state index >= 15 is 0 Å². The predicted octanol–water partition coefficient (Wildman–Crippen LogP) is 3.31. The average molecular weight is 499 g/mol. The first-order chi connectivity index (χ1) is 11.7. The van der Waals surface area contributed by atoms with Crippen molar-refractivity contribution >= 4 is 40.7 Å². The number of nitrogens with one attached hydrogen (secondary N) is 2. The number of aliphatic imine (C=N–C) groups is 1. The summed E-state index contributed by atoms with van der Waals surface area (Å²) in [7, 11) is -0.911. The fraction of sp³-hybridized carbons (Fsp3) is 0.611. The Balaban J connectivity index is 0.00000625. The molecule has 1 aromatic rings. The molecule has 0 radical (unpaired) electrons. The van der Waals surface area contributed by atoms with Crippen LogP contribution in [0.25, 0.3) is 0 Å². The molecule has 0 spiro atoms. The Hall–Kier alpha value is -0.900. The third-order valence-corrected chi connectivity index (χ3v) is 5.22. The highest BCUT2D eigenvalue weighted by Gasteiger charge is 2.18. The second kappa shape index (κ2) is 12.5. The normalized spacial score (nSPS) is 14.2. The summed E-state index contributed by atoms with van der Waals surface area (Å²) in [6, 6.07) is 6.32. The molecule has 0 amide bonds. The number of benzene rings is 1. The smallest absolute Gasteiger partial charge is 0.191 e. The minimum atomic E-state index is -0.911. The summed E-state index contributed by atoms with van der Waals surface area (Å²) in [5.74, 6) is 1.03. The Kier molecular flexibility index (Phi) is 12.0. The van der Waals surface area contributed by atoms with E-state index in [1.165, 1.54) is 6.07 Å². The van der Waals surface area contributed by atoms with Gasteiger partial charge in [0.2, 0.25) is 0 Å². The van der Waals surface area contributed by atoms with E-state index in [2.05, 4.69) is 15.6 Å². The van der Waals surface area contributed by atoms with Gasteiger partial charge in [-0.25, -0.2) is 9.38 Å². The van der Waals surface area contributed by atoms with Crippen LogP contribution in [0.5, 0.6) is 5.75 Å². The van der Waals surface area contributed by atoms with Crippen LogP contribution in [0.4, 0.5) is 4.39 Å². The fourth-order valence-electron chi connectivity index (χ4n) is 1.92. The molecule has 0 aliphatic rings. The minimum absolute atomic E-state index is 0. The number of guanidine groups is 1. The van der Waals surface area contributed by atoms with Gasteiger partial charge in [0.1, 0.15) is 6.10 Å². The van der Waals surface area contributed by atoms with Crippen LogP contribution in [0.2, 0.25) is 0 Å². The highest BCUT2D eigenvalue weighted by molar-refractivity contribution is 14.0. The van der Waals surface area contributed by atoms with Gasteiger partial charge in [0.15, 0.2) is 17.5 Å². The maximum atomic E-state index is 13.6. The molecular formula is C18H31FIN3O2S. The first kappa shape index (κ1) is 25.1. The molecule has 2 N–H and O–H groups in total. The number of hydrogen-bond acceptors (Lipinski definition) is 3. The highest BCUT2D eigenvalue weighted by Crippen LogP contribution is 2.17. The number of halogens is 2. The van der Waals surface area contributed by atoms with Crippen molar-refractivity contribution in [3.05, 3.63) is 30.1 Å². The van der Waals surface area contributed by atoms with Crippen molar-refractivity contribution in [3.63, 3.8) is 0 Å². The van der Waals surface area contributed by atoms with E-state index in [9.17, 15) is 8.60 Å². The standard InChI is InChI=1S/C18H30FN3O2S.HI/c1-6-20-17(21-11-12-25(23)18(3,4)5)22-13-14(2)24-16-10-8-7-9-15(16)19;/h7-10,14H,6,11-13H2,1-5H3,(H2,20,21,22);1H. The van der Waals surface area contributed by atoms with Crippen molar-refractivity contribution in [1.82, 2.24) is 10.6 Å². The van der Waals surface area contributed by atoms with E-state index in [4.69, 9.17) is 4.74 Å². The summed E-state index contributed by atoms with van der Waals surface area (Å²) in [4.78, 5) is 4.45. The van der Waals surface area contributed by atoms with Gasteiger partial charge >= 0.3 is 0 Å². The van der Waals surface area contributed by atoms with Crippen molar-refractivity contribution in [2.24, 2.45) is 4.99 Å². The molecular weight excluding hydrogens is 468 g/mol. The van der Waals surface area contributed by atoms with E-state index in [1.54, 1.807) is 18.2 Å². The van der Waals surface area contributed by atoms with Crippen LogP contribution >= 0.6 is 24.0 Å². The molecule has 1 rings (SSSR count). The second-order valence-electron chi connectivity index (χ2n) is 6.67. The van der Waals surface area contributed by atoms with Crippen LogP contribution in [0, 0.1) is 5.82 Å². The molecule has 0 saturated heterocycles. The molecule has 0 bridgehead atoms. The first-order valence-electron chi connectivity index (χ1n) is 8.56. The predicted molar refractivity (Wildman–Crippen MR) is 119 cm³/mol. The van der Waals surface area contributed by atoms with Crippen LogP contribution in [0.1, 0.15) is 34.6 Å². The van der Waals surface area contributed by atoms with Gasteiger partial charge in [-0.05, 0) is 46.8 Å². The van der Waals surface area contributed by atoms with Gasteiger partial charge in [0, 0.05) is 34.4 Å². The lowest BCUT2D eigenvalue weighted by atomic mass is 10.3. The fourth-order valence-corrected chi connectivity index (χ4v) is 2.82. The van der Waals surface area contributed by atoms with Crippen molar-refractivity contribution in [1.29, 1.82) is 0 Å². The summed E-state index contributed by atoms with van der Waals surface area (Å²) >= 11 is 0. The lowest BCUT2D eigenvalue weighted by molar-refractivity contribution is 0.220. The number of nitrogens with zero attached hydrogens (tertiary/aromatic N) is 1. The van der Waals surface area contributed by atoms with E-state index in [1.807, 2.05) is 34.6 Å². The average Bonchev–Trinajstić information content (AvgIpc) is 2.53. The Morgan fingerprint density at radius 1 is 1.31 bits per heavy atom. The van der Waals surface area contributed by atoms with E-state index in [0.29, 0.717) is 24.8 Å². The summed E-state index contributed by atoms with van der Waals surface area (Å²) < 4.78 is 31.0. The first-order valence-corrected chi connectivity index (χ1v) is 9.87. The molecule has 0 saturated carbocycles. The Labute approximate surface area is 176 Å². The van der Waals surface area contributed by atoms with E-state index < -0.39 is 10.8 Å². The summed E-state index contributed by atoms with van der Waals surface area (Å²) in [6.45, 7) is 11.4. The van der Waals surface area contributed by atoms with Gasteiger partial charge in [-0.15, -0.1) is 24.0 Å². The van der Waals surface area contributed by atoms with Gasteiger partial charge in [0.25, 0.3) is 0 Å². The molecule has 0 aliphatic carbocycles. The third-order valence-electron chi connectivity index (χ3n) is 3.28. The molecule has 1 aromatic carbocycles. The molecule has 0 fully saturated rings. The van der Waals surface area contributed by atoms with Gasteiger partial charge in [-0.1, -0.05) is 12.1 Å². The van der Waals surface area contributed by atoms with Gasteiger partial charge in [-0.3, -0.25) is 4.21 Å². The zero-order valence-electron chi connectivity index (χ0n) is 16.2. The molecule has 26 heavy (non-hydrogen) atoms. The van der Waals surface area contributed by atoms with Crippen LogP contribution in [-0.2, 0) is 10.8 Å². The second-order valence-corrected chi connectivity index (χ2v) is 8.99. The van der Waals surface area contributed by atoms with Crippen LogP contribution in [-0.4, -0.2) is 46.4 Å². The number of ether oxygens (including phenoxy) is 1. The van der Waals surface area contributed by atoms with Gasteiger partial charge < -0.3 is 15.4 Å². The summed E-state index contributed by atoms with van der Waals surface area (Å²) in [6.07, 6.45) is -0.268. The Morgan fingerprint density at radius 3 is 2.54 bits per heavy atom. The molecule has 150 valence electrons. The quantitative estimate of drug-likeness (QED) is 0.328. The van der Waals surface area contributed by atoms with Crippen molar-refractivity contribution in [3.8, 4) is 5.75 Å². The molecule has 8 heteroatoms. The molecule has 0 aromatic heterocycles. The summed E-state index contributed by atoms with van der Waals surface area (Å²) in [5, 5.41) is 6.31. The molecule has 0 aliphatic heterocycles. The summed E-state index contributed by atoms with van der Waals surface area (Å²) in [5.41, 5.74) is 0. The van der Waals surface area contributed by atoms with Crippen molar-refractivity contribution in [2.45, 2.75) is 45.5 Å². The Bertz CT molecular complexity index is 594. The largest absolute Gasteiger partial charge is 0.486 e. The topological polar surface area (TPSA) is 62.7 Å². The van der Waals surface area contributed by atoms with Gasteiger partial charge in [0.05, 0.1) is 6.54 Å². The number of rotatable bonds is 8. The highest BCUT2D eigenvalue weighted by atomic mass is 127. The van der Waals surface area contributed by atoms with Crippen LogP contribution in [0.15, 0.2) is 29.3 Å². The zero-order chi connectivity index (χ0) is 18.9. The van der Waals surface area contributed by atoms with E-state index in [0.717, 1.165) is 6.54 Å². The Morgan fingerprint density at radius 2 is 1.96 bits per heavy atom. The van der Waals surface area contributed by atoms with Gasteiger partial charge in [-0.2, -0.15) is 0 Å². The number of para-hydroxylation sites is 1. The van der Waals surface area contributed by atoms with Crippen molar-refractivity contribution < 1.29 is 13.3 Å². The maximum Gasteiger partial charge on any atom is 0.191 e. The monoisotopic (exact) mass is 499 g/mol. The lowest BCUT2D eigenvalue weighted by Crippen LogP contribution is -2.41. The maximum absolute atomic E-state index is 13.6.